The van der Waals surface area contributed by atoms with Crippen LogP contribution in [0.5, 0.6) is 0 Å². The molecule has 0 aliphatic rings. The molecular formula is C13H10N2O4. The molecule has 0 amide bonds. The van der Waals surface area contributed by atoms with Crippen molar-refractivity contribution in [2.45, 2.75) is 0 Å². The molecule has 19 heavy (non-hydrogen) atoms. The zero-order valence-corrected chi connectivity index (χ0v) is 9.74. The number of hydrogen-bond donors (Lipinski definition) is 2. The van der Waals surface area contributed by atoms with Gasteiger partial charge in [0.05, 0.1) is 10.5 Å². The fourth-order valence-corrected chi connectivity index (χ4v) is 1.78. The summed E-state index contributed by atoms with van der Waals surface area (Å²) in [5.41, 5.74) is 6.73. The zero-order chi connectivity index (χ0) is 14.0. The summed E-state index contributed by atoms with van der Waals surface area (Å²) >= 11 is 0. The Labute approximate surface area is 108 Å². The van der Waals surface area contributed by atoms with E-state index in [1.807, 2.05) is 0 Å². The highest BCUT2D eigenvalue weighted by Gasteiger charge is 2.16. The summed E-state index contributed by atoms with van der Waals surface area (Å²) in [4.78, 5) is 21.4. The zero-order valence-electron chi connectivity index (χ0n) is 9.74. The summed E-state index contributed by atoms with van der Waals surface area (Å²) in [6.45, 7) is 0. The molecule has 0 bridgehead atoms. The Balaban J connectivity index is 2.67. The second-order valence-corrected chi connectivity index (χ2v) is 3.92. The standard InChI is InChI=1S/C13H10N2O4/c14-9-3-1-2-8(6-9)12-7-10(15(18)19)4-5-11(12)13(16)17/h1-7H,14H2,(H,16,17). The van der Waals surface area contributed by atoms with E-state index in [0.717, 1.165) is 0 Å². The van der Waals surface area contributed by atoms with Gasteiger partial charge in [0, 0.05) is 23.4 Å². The Morgan fingerprint density at radius 3 is 2.53 bits per heavy atom. The average molecular weight is 258 g/mol. The largest absolute Gasteiger partial charge is 0.478 e. The minimum atomic E-state index is -1.15. The Kier molecular flexibility index (Phi) is 3.15. The molecule has 0 aromatic heterocycles. The SMILES string of the molecule is Nc1cccc(-c2cc([N+](=O)[O-])ccc2C(=O)O)c1. The molecule has 0 unspecified atom stereocenters. The van der Waals surface area contributed by atoms with Crippen molar-refractivity contribution in [1.82, 2.24) is 0 Å². The van der Waals surface area contributed by atoms with E-state index in [9.17, 15) is 14.9 Å². The number of nitro benzene ring substituents is 1. The monoisotopic (exact) mass is 258 g/mol. The van der Waals surface area contributed by atoms with Crippen LogP contribution in [0.1, 0.15) is 10.4 Å². The van der Waals surface area contributed by atoms with Crippen LogP contribution in [0, 0.1) is 10.1 Å². The van der Waals surface area contributed by atoms with Gasteiger partial charge < -0.3 is 10.8 Å². The summed E-state index contributed by atoms with van der Waals surface area (Å²) < 4.78 is 0. The van der Waals surface area contributed by atoms with E-state index in [1.165, 1.54) is 18.2 Å². The minimum Gasteiger partial charge on any atom is -0.478 e. The number of carbonyl (C=O) groups is 1. The summed E-state index contributed by atoms with van der Waals surface area (Å²) in [7, 11) is 0. The third-order valence-corrected chi connectivity index (χ3v) is 2.64. The quantitative estimate of drug-likeness (QED) is 0.499. The second-order valence-electron chi connectivity index (χ2n) is 3.92. The smallest absolute Gasteiger partial charge is 0.336 e. The molecule has 0 radical (unpaired) electrons. The molecule has 6 heteroatoms. The molecule has 2 aromatic carbocycles. The third-order valence-electron chi connectivity index (χ3n) is 2.64. The predicted molar refractivity (Wildman–Crippen MR) is 69.9 cm³/mol. The van der Waals surface area contributed by atoms with Crippen LogP contribution in [0.4, 0.5) is 11.4 Å². The van der Waals surface area contributed by atoms with Gasteiger partial charge >= 0.3 is 5.97 Å². The first-order valence-corrected chi connectivity index (χ1v) is 5.36. The minimum absolute atomic E-state index is 0.00352. The van der Waals surface area contributed by atoms with E-state index in [2.05, 4.69) is 0 Å². The third kappa shape index (κ3) is 2.52. The highest BCUT2D eigenvalue weighted by molar-refractivity contribution is 5.96. The Hall–Kier alpha value is -2.89. The molecule has 0 aliphatic carbocycles. The highest BCUT2D eigenvalue weighted by Crippen LogP contribution is 2.29. The fraction of sp³-hybridized carbons (Fsp3) is 0. The summed E-state index contributed by atoms with van der Waals surface area (Å²) in [5.74, 6) is -1.15. The van der Waals surface area contributed by atoms with Crippen molar-refractivity contribution >= 4 is 17.3 Å². The lowest BCUT2D eigenvalue weighted by Gasteiger charge is -2.07. The van der Waals surface area contributed by atoms with Gasteiger partial charge in [-0.2, -0.15) is 0 Å². The molecule has 2 rings (SSSR count). The van der Waals surface area contributed by atoms with E-state index >= 15 is 0 Å². The van der Waals surface area contributed by atoms with Gasteiger partial charge in [0.25, 0.3) is 5.69 Å². The number of benzene rings is 2. The van der Waals surface area contributed by atoms with E-state index in [4.69, 9.17) is 10.8 Å². The van der Waals surface area contributed by atoms with Gasteiger partial charge in [-0.05, 0) is 23.8 Å². The molecular weight excluding hydrogens is 248 g/mol. The number of carboxylic acid groups (broad SMARTS) is 1. The van der Waals surface area contributed by atoms with Crippen molar-refractivity contribution in [1.29, 1.82) is 0 Å². The van der Waals surface area contributed by atoms with Crippen LogP contribution in [-0.2, 0) is 0 Å². The summed E-state index contributed by atoms with van der Waals surface area (Å²) in [5, 5.41) is 19.9. The molecule has 0 atom stereocenters. The molecule has 0 saturated carbocycles. The van der Waals surface area contributed by atoms with Crippen molar-refractivity contribution in [3.63, 3.8) is 0 Å². The van der Waals surface area contributed by atoms with Gasteiger partial charge in [-0.15, -0.1) is 0 Å². The van der Waals surface area contributed by atoms with Gasteiger partial charge in [0.2, 0.25) is 0 Å². The van der Waals surface area contributed by atoms with Gasteiger partial charge in [-0.25, -0.2) is 4.79 Å². The Morgan fingerprint density at radius 1 is 1.21 bits per heavy atom. The lowest BCUT2D eigenvalue weighted by molar-refractivity contribution is -0.384. The first-order chi connectivity index (χ1) is 8.99. The van der Waals surface area contributed by atoms with Gasteiger partial charge in [0.1, 0.15) is 0 Å². The van der Waals surface area contributed by atoms with Crippen LogP contribution in [0.2, 0.25) is 0 Å². The number of rotatable bonds is 3. The number of nitrogens with zero attached hydrogens (tertiary/aromatic N) is 1. The second kappa shape index (κ2) is 4.77. The van der Waals surface area contributed by atoms with E-state index in [-0.39, 0.29) is 16.8 Å². The van der Waals surface area contributed by atoms with Crippen LogP contribution in [0.25, 0.3) is 11.1 Å². The van der Waals surface area contributed by atoms with Gasteiger partial charge in [-0.1, -0.05) is 12.1 Å². The number of non-ortho nitro benzene ring substituents is 1. The van der Waals surface area contributed by atoms with E-state index in [1.54, 1.807) is 24.3 Å². The highest BCUT2D eigenvalue weighted by atomic mass is 16.6. The molecule has 3 N–H and O–H groups in total. The lowest BCUT2D eigenvalue weighted by atomic mass is 9.98. The van der Waals surface area contributed by atoms with Crippen molar-refractivity contribution in [3.8, 4) is 11.1 Å². The molecule has 0 spiro atoms. The number of hydrogen-bond acceptors (Lipinski definition) is 4. The molecule has 2 aromatic rings. The number of nitrogens with two attached hydrogens (primary N) is 1. The molecule has 96 valence electrons. The van der Waals surface area contributed by atoms with Crippen LogP contribution in [0.15, 0.2) is 42.5 Å². The van der Waals surface area contributed by atoms with Crippen molar-refractivity contribution in [2.75, 3.05) is 5.73 Å². The Bertz CT molecular complexity index is 667. The lowest BCUT2D eigenvalue weighted by Crippen LogP contribution is -2.01. The first-order valence-electron chi connectivity index (χ1n) is 5.36. The summed E-state index contributed by atoms with van der Waals surface area (Å²) in [6.07, 6.45) is 0. The number of nitro groups is 1. The number of nitrogen functional groups attached to an aromatic ring is 1. The van der Waals surface area contributed by atoms with Crippen LogP contribution in [-0.4, -0.2) is 16.0 Å². The van der Waals surface area contributed by atoms with Crippen molar-refractivity contribution in [3.05, 3.63) is 58.1 Å². The Morgan fingerprint density at radius 2 is 1.95 bits per heavy atom. The van der Waals surface area contributed by atoms with Crippen LogP contribution < -0.4 is 5.73 Å². The maximum absolute atomic E-state index is 11.2. The van der Waals surface area contributed by atoms with Crippen LogP contribution >= 0.6 is 0 Å². The van der Waals surface area contributed by atoms with Gasteiger partial charge in [0.15, 0.2) is 0 Å². The van der Waals surface area contributed by atoms with Crippen molar-refractivity contribution < 1.29 is 14.8 Å². The number of anilines is 1. The first kappa shape index (κ1) is 12.6. The summed E-state index contributed by atoms with van der Waals surface area (Å²) in [6, 6.07) is 10.2. The molecule has 0 fully saturated rings. The molecule has 0 saturated heterocycles. The molecule has 6 nitrogen and oxygen atoms in total. The van der Waals surface area contributed by atoms with Crippen molar-refractivity contribution in [2.24, 2.45) is 0 Å². The normalized spacial score (nSPS) is 10.1. The fourth-order valence-electron chi connectivity index (χ4n) is 1.78. The predicted octanol–water partition coefficient (Wildman–Crippen LogP) is 2.54. The topological polar surface area (TPSA) is 106 Å². The molecule has 0 heterocycles. The number of carboxylic acids is 1. The maximum atomic E-state index is 11.2. The number of aromatic carboxylic acids is 1. The van der Waals surface area contributed by atoms with Gasteiger partial charge in [-0.3, -0.25) is 10.1 Å². The van der Waals surface area contributed by atoms with E-state index in [0.29, 0.717) is 11.3 Å². The molecule has 0 aliphatic heterocycles. The average Bonchev–Trinajstić information content (AvgIpc) is 2.37. The maximum Gasteiger partial charge on any atom is 0.336 e. The van der Waals surface area contributed by atoms with E-state index < -0.39 is 10.9 Å². The van der Waals surface area contributed by atoms with Crippen LogP contribution in [0.3, 0.4) is 0 Å².